The predicted octanol–water partition coefficient (Wildman–Crippen LogP) is 3.80. The average Bonchev–Trinajstić information content (AvgIpc) is 3.06. The molecule has 0 aromatic carbocycles. The molecule has 1 aromatic heterocycles. The summed E-state index contributed by atoms with van der Waals surface area (Å²) < 4.78 is 0. The van der Waals surface area contributed by atoms with Crippen molar-refractivity contribution in [2.24, 2.45) is 16.8 Å². The van der Waals surface area contributed by atoms with Crippen LogP contribution in [-0.4, -0.2) is 48.1 Å². The monoisotopic (exact) mass is 391 g/mol. The highest BCUT2D eigenvalue weighted by Crippen LogP contribution is 2.23. The summed E-state index contributed by atoms with van der Waals surface area (Å²) in [5.74, 6) is 2.57. The minimum atomic E-state index is 0.593. The highest BCUT2D eigenvalue weighted by atomic mass is 32.1. The summed E-state index contributed by atoms with van der Waals surface area (Å²) in [6.07, 6.45) is 7.77. The fraction of sp³-hybridized carbons (Fsp3) is 0.810. The molecule has 1 aromatic rings. The molecule has 152 valence electrons. The molecule has 2 atom stereocenters. The molecule has 2 fully saturated rings. The first-order chi connectivity index (χ1) is 13.1. The van der Waals surface area contributed by atoms with Crippen LogP contribution in [0.5, 0.6) is 0 Å². The Morgan fingerprint density at radius 3 is 2.78 bits per heavy atom. The molecule has 0 bridgehead atoms. The van der Waals surface area contributed by atoms with Crippen molar-refractivity contribution in [3.8, 4) is 0 Å². The maximum atomic E-state index is 4.93. The predicted molar refractivity (Wildman–Crippen MR) is 115 cm³/mol. The van der Waals surface area contributed by atoms with Crippen molar-refractivity contribution in [2.75, 3.05) is 26.2 Å². The fourth-order valence-electron chi connectivity index (χ4n) is 4.34. The van der Waals surface area contributed by atoms with Gasteiger partial charge in [0.2, 0.25) is 0 Å². The van der Waals surface area contributed by atoms with Gasteiger partial charge in [0.25, 0.3) is 0 Å². The molecule has 27 heavy (non-hydrogen) atoms. The van der Waals surface area contributed by atoms with Crippen molar-refractivity contribution >= 4 is 17.3 Å². The molecular weight excluding hydrogens is 354 g/mol. The summed E-state index contributed by atoms with van der Waals surface area (Å²) in [6.45, 7) is 11.8. The van der Waals surface area contributed by atoms with Crippen LogP contribution in [0.25, 0.3) is 0 Å². The number of hydrogen-bond acceptors (Lipinski definition) is 4. The first kappa shape index (κ1) is 20.6. The van der Waals surface area contributed by atoms with Crippen molar-refractivity contribution in [3.05, 3.63) is 16.1 Å². The van der Waals surface area contributed by atoms with Gasteiger partial charge in [-0.05, 0) is 64.5 Å². The largest absolute Gasteiger partial charge is 0.357 e. The number of thiazole rings is 1. The molecule has 5 nitrogen and oxygen atoms in total. The molecule has 1 saturated heterocycles. The first-order valence-electron chi connectivity index (χ1n) is 10.8. The van der Waals surface area contributed by atoms with Gasteiger partial charge in [0.05, 0.1) is 10.7 Å². The average molecular weight is 392 g/mol. The lowest BCUT2D eigenvalue weighted by Gasteiger charge is -2.31. The molecule has 2 unspecified atom stereocenters. The van der Waals surface area contributed by atoms with E-state index in [0.717, 1.165) is 31.5 Å². The second-order valence-corrected chi connectivity index (χ2v) is 9.47. The van der Waals surface area contributed by atoms with Gasteiger partial charge in [0.1, 0.15) is 0 Å². The third kappa shape index (κ3) is 6.75. The zero-order valence-electron chi connectivity index (χ0n) is 17.3. The zero-order valence-corrected chi connectivity index (χ0v) is 18.2. The minimum absolute atomic E-state index is 0.593. The Morgan fingerprint density at radius 2 is 2.11 bits per heavy atom. The van der Waals surface area contributed by atoms with Crippen LogP contribution in [0.2, 0.25) is 0 Å². The Labute approximate surface area is 169 Å². The number of nitrogens with zero attached hydrogens (tertiary/aromatic N) is 3. The third-order valence-corrected chi connectivity index (χ3v) is 6.71. The molecule has 2 aliphatic rings. The van der Waals surface area contributed by atoms with Gasteiger partial charge in [0, 0.05) is 31.1 Å². The van der Waals surface area contributed by atoms with E-state index in [-0.39, 0.29) is 0 Å². The molecule has 3 rings (SSSR count). The minimum Gasteiger partial charge on any atom is -0.357 e. The number of guanidine groups is 1. The highest BCUT2D eigenvalue weighted by Gasteiger charge is 2.21. The molecule has 0 radical (unpaired) electrons. The Kier molecular flexibility index (Phi) is 7.94. The van der Waals surface area contributed by atoms with Crippen molar-refractivity contribution in [3.63, 3.8) is 0 Å². The lowest BCUT2D eigenvalue weighted by molar-refractivity contribution is 0.179. The number of piperidine rings is 1. The van der Waals surface area contributed by atoms with Crippen molar-refractivity contribution in [2.45, 2.75) is 71.9 Å². The number of rotatable bonds is 6. The van der Waals surface area contributed by atoms with Gasteiger partial charge >= 0.3 is 0 Å². The van der Waals surface area contributed by atoms with E-state index >= 15 is 0 Å². The van der Waals surface area contributed by atoms with Gasteiger partial charge in [-0.2, -0.15) is 0 Å². The van der Waals surface area contributed by atoms with E-state index in [1.807, 2.05) is 0 Å². The van der Waals surface area contributed by atoms with E-state index in [1.165, 1.54) is 62.3 Å². The van der Waals surface area contributed by atoms with Gasteiger partial charge in [0.15, 0.2) is 5.96 Å². The molecule has 1 aliphatic carbocycles. The third-order valence-electron chi connectivity index (χ3n) is 5.89. The maximum Gasteiger partial charge on any atom is 0.191 e. The molecule has 2 heterocycles. The lowest BCUT2D eigenvalue weighted by atomic mass is 9.87. The van der Waals surface area contributed by atoms with E-state index < -0.39 is 0 Å². The van der Waals surface area contributed by atoms with Crippen LogP contribution in [0, 0.1) is 18.8 Å². The second kappa shape index (κ2) is 10.4. The normalized spacial score (nSPS) is 25.5. The van der Waals surface area contributed by atoms with E-state index in [9.17, 15) is 0 Å². The smallest absolute Gasteiger partial charge is 0.191 e. The molecular formula is C21H37N5S. The van der Waals surface area contributed by atoms with Crippen molar-refractivity contribution in [1.29, 1.82) is 0 Å². The Morgan fingerprint density at radius 1 is 1.30 bits per heavy atom. The van der Waals surface area contributed by atoms with Crippen molar-refractivity contribution in [1.82, 2.24) is 20.5 Å². The molecule has 6 heteroatoms. The lowest BCUT2D eigenvalue weighted by Crippen LogP contribution is -2.45. The van der Waals surface area contributed by atoms with Crippen LogP contribution >= 0.6 is 11.3 Å². The van der Waals surface area contributed by atoms with Crippen molar-refractivity contribution < 1.29 is 0 Å². The maximum absolute atomic E-state index is 4.93. The second-order valence-electron chi connectivity index (χ2n) is 8.41. The summed E-state index contributed by atoms with van der Waals surface area (Å²) in [5, 5.41) is 10.5. The number of aliphatic imine (C=N–C) groups is 1. The summed E-state index contributed by atoms with van der Waals surface area (Å²) in [4.78, 5) is 12.1. The molecule has 2 N–H and O–H groups in total. The summed E-state index contributed by atoms with van der Waals surface area (Å²) in [6, 6.07) is 0.593. The van der Waals surface area contributed by atoms with Crippen LogP contribution in [0.4, 0.5) is 0 Å². The van der Waals surface area contributed by atoms with Gasteiger partial charge in [-0.3, -0.25) is 9.89 Å². The first-order valence-corrected chi connectivity index (χ1v) is 11.7. The van der Waals surface area contributed by atoms with Crippen LogP contribution in [0.3, 0.4) is 0 Å². The fourth-order valence-corrected chi connectivity index (χ4v) is 4.94. The number of hydrogen-bond donors (Lipinski definition) is 2. The molecule has 0 spiro atoms. The standard InChI is InChI=1S/C21H37N5S/c1-4-22-21(25-19-7-5-6-16(2)12-19)23-13-18-8-10-26(11-9-18)14-20-15-27-17(3)24-20/h15-16,18-19H,4-14H2,1-3H3,(H2,22,23,25). The van der Waals surface area contributed by atoms with Crippen LogP contribution in [-0.2, 0) is 6.54 Å². The Hall–Kier alpha value is -1.14. The van der Waals surface area contributed by atoms with Gasteiger partial charge < -0.3 is 10.6 Å². The van der Waals surface area contributed by atoms with E-state index in [4.69, 9.17) is 4.99 Å². The number of aromatic nitrogens is 1. The van der Waals surface area contributed by atoms with Gasteiger partial charge in [-0.1, -0.05) is 19.8 Å². The van der Waals surface area contributed by atoms with Crippen LogP contribution in [0.1, 0.15) is 63.1 Å². The zero-order chi connectivity index (χ0) is 19.1. The van der Waals surface area contributed by atoms with E-state index in [1.54, 1.807) is 11.3 Å². The SMILES string of the molecule is CCNC(=NCC1CCN(Cc2csc(C)n2)CC1)NC1CCCC(C)C1. The summed E-state index contributed by atoms with van der Waals surface area (Å²) in [7, 11) is 0. The topological polar surface area (TPSA) is 52.6 Å². The molecule has 0 amide bonds. The molecule has 1 saturated carbocycles. The molecule has 1 aliphatic heterocycles. The summed E-state index contributed by atoms with van der Waals surface area (Å²) >= 11 is 1.75. The van der Waals surface area contributed by atoms with E-state index in [0.29, 0.717) is 12.0 Å². The van der Waals surface area contributed by atoms with Crippen LogP contribution < -0.4 is 10.6 Å². The highest BCUT2D eigenvalue weighted by molar-refractivity contribution is 7.09. The van der Waals surface area contributed by atoms with Crippen LogP contribution in [0.15, 0.2) is 10.4 Å². The van der Waals surface area contributed by atoms with E-state index in [2.05, 4.69) is 46.7 Å². The Bertz CT molecular complexity index is 591. The quantitative estimate of drug-likeness (QED) is 0.572. The Balaban J connectivity index is 1.43. The van der Waals surface area contributed by atoms with Gasteiger partial charge in [-0.15, -0.1) is 11.3 Å². The number of likely N-dealkylation sites (tertiary alicyclic amines) is 1. The summed E-state index contributed by atoms with van der Waals surface area (Å²) in [5.41, 5.74) is 1.23. The number of aryl methyl sites for hydroxylation is 1. The number of nitrogens with one attached hydrogen (secondary N) is 2. The van der Waals surface area contributed by atoms with Gasteiger partial charge in [-0.25, -0.2) is 4.98 Å².